The molecule has 3 rings (SSSR count). The molecule has 1 heterocycles. The number of imide groups is 2. The van der Waals surface area contributed by atoms with Crippen LogP contribution < -0.4 is 14.8 Å². The maximum absolute atomic E-state index is 13.1. The molecule has 1 saturated heterocycles. The fourth-order valence-corrected chi connectivity index (χ4v) is 4.59. The summed E-state index contributed by atoms with van der Waals surface area (Å²) in [6.07, 6.45) is 7.00. The Morgan fingerprint density at radius 2 is 1.90 bits per heavy atom. The Labute approximate surface area is 196 Å². The van der Waals surface area contributed by atoms with E-state index < -0.39 is 17.8 Å². The van der Waals surface area contributed by atoms with Gasteiger partial charge in [0, 0.05) is 6.04 Å². The van der Waals surface area contributed by atoms with E-state index in [0.717, 1.165) is 42.1 Å². The molecule has 1 aromatic carbocycles. The minimum absolute atomic E-state index is 0.0256. The second kappa shape index (κ2) is 10.5. The number of barbiturate groups is 1. The van der Waals surface area contributed by atoms with Crippen molar-refractivity contribution in [2.75, 3.05) is 6.61 Å². The lowest BCUT2D eigenvalue weighted by molar-refractivity contribution is -0.132. The van der Waals surface area contributed by atoms with Gasteiger partial charge in [-0.1, -0.05) is 26.2 Å². The van der Waals surface area contributed by atoms with E-state index in [9.17, 15) is 14.4 Å². The number of halogens is 1. The van der Waals surface area contributed by atoms with E-state index in [2.05, 4.69) is 27.9 Å². The van der Waals surface area contributed by atoms with Gasteiger partial charge in [-0.3, -0.25) is 19.8 Å². The number of carbonyl (C=O) groups excluding carboxylic acids is 3. The van der Waals surface area contributed by atoms with Gasteiger partial charge >= 0.3 is 6.03 Å². The number of rotatable bonds is 7. The Bertz CT molecular complexity index is 892. The second-order valence-corrected chi connectivity index (χ2v) is 9.05. The highest BCUT2D eigenvalue weighted by atomic mass is 127. The lowest BCUT2D eigenvalue weighted by atomic mass is 9.93. The lowest BCUT2D eigenvalue weighted by Gasteiger charge is -2.35. The van der Waals surface area contributed by atoms with E-state index in [-0.39, 0.29) is 17.7 Å². The van der Waals surface area contributed by atoms with Crippen LogP contribution in [0.2, 0.25) is 0 Å². The maximum Gasteiger partial charge on any atom is 0.331 e. The van der Waals surface area contributed by atoms with E-state index in [1.807, 2.05) is 26.8 Å². The quantitative estimate of drug-likeness (QED) is 0.309. The van der Waals surface area contributed by atoms with Crippen molar-refractivity contribution < 1.29 is 23.9 Å². The zero-order valence-corrected chi connectivity index (χ0v) is 20.4. The molecule has 1 atom stereocenters. The van der Waals surface area contributed by atoms with E-state index in [4.69, 9.17) is 9.47 Å². The Balaban J connectivity index is 1.95. The summed E-state index contributed by atoms with van der Waals surface area (Å²) in [7, 11) is 0. The minimum Gasteiger partial charge on any atom is -0.490 e. The topological polar surface area (TPSA) is 84.9 Å². The Morgan fingerprint density at radius 3 is 2.55 bits per heavy atom. The minimum atomic E-state index is -0.671. The number of nitrogens with one attached hydrogen (secondary N) is 1. The number of nitrogens with zero attached hydrogens (tertiary/aromatic N) is 1. The van der Waals surface area contributed by atoms with Crippen LogP contribution in [0.5, 0.6) is 11.5 Å². The van der Waals surface area contributed by atoms with Crippen LogP contribution in [0.4, 0.5) is 4.79 Å². The van der Waals surface area contributed by atoms with Crippen molar-refractivity contribution in [2.24, 2.45) is 0 Å². The van der Waals surface area contributed by atoms with Crippen LogP contribution in [0.3, 0.4) is 0 Å². The third-order valence-electron chi connectivity index (χ3n) is 5.61. The predicted octanol–water partition coefficient (Wildman–Crippen LogP) is 4.66. The molecule has 1 aromatic rings. The fourth-order valence-electron chi connectivity index (χ4n) is 3.84. The molecule has 1 unspecified atom stereocenters. The third-order valence-corrected chi connectivity index (χ3v) is 6.41. The van der Waals surface area contributed by atoms with E-state index in [1.165, 1.54) is 11.0 Å². The van der Waals surface area contributed by atoms with Crippen molar-refractivity contribution >= 4 is 46.5 Å². The molecule has 31 heavy (non-hydrogen) atoms. The maximum atomic E-state index is 13.1. The summed E-state index contributed by atoms with van der Waals surface area (Å²) in [6.45, 7) is 6.38. The number of ether oxygens (including phenoxy) is 2. The van der Waals surface area contributed by atoms with Gasteiger partial charge in [-0.25, -0.2) is 4.79 Å². The number of hydrogen-bond donors (Lipinski definition) is 1. The zero-order chi connectivity index (χ0) is 22.5. The molecule has 1 aliphatic carbocycles. The zero-order valence-electron chi connectivity index (χ0n) is 18.2. The van der Waals surface area contributed by atoms with Crippen molar-refractivity contribution in [3.8, 4) is 11.5 Å². The summed E-state index contributed by atoms with van der Waals surface area (Å²) >= 11 is 2.16. The van der Waals surface area contributed by atoms with Gasteiger partial charge < -0.3 is 9.47 Å². The predicted molar refractivity (Wildman–Crippen MR) is 126 cm³/mol. The average molecular weight is 540 g/mol. The monoisotopic (exact) mass is 540 g/mol. The first kappa shape index (κ1) is 23.6. The first-order valence-electron chi connectivity index (χ1n) is 10.9. The highest BCUT2D eigenvalue weighted by Crippen LogP contribution is 2.36. The Morgan fingerprint density at radius 1 is 1.19 bits per heavy atom. The van der Waals surface area contributed by atoms with Gasteiger partial charge in [0.1, 0.15) is 5.57 Å². The normalized spacial score (nSPS) is 20.1. The van der Waals surface area contributed by atoms with Crippen LogP contribution >= 0.6 is 22.6 Å². The largest absolute Gasteiger partial charge is 0.490 e. The highest BCUT2D eigenvalue weighted by Gasteiger charge is 2.40. The third kappa shape index (κ3) is 5.39. The molecule has 0 spiro atoms. The number of hydrogen-bond acceptors (Lipinski definition) is 5. The molecule has 4 amide bonds. The summed E-state index contributed by atoms with van der Waals surface area (Å²) in [6, 6.07) is 2.82. The van der Waals surface area contributed by atoms with Crippen molar-refractivity contribution in [1.29, 1.82) is 0 Å². The van der Waals surface area contributed by atoms with E-state index in [1.54, 1.807) is 6.07 Å². The van der Waals surface area contributed by atoms with E-state index >= 15 is 0 Å². The fraction of sp³-hybridized carbons (Fsp3) is 0.522. The molecular formula is C23H29IN2O5. The van der Waals surface area contributed by atoms with Crippen molar-refractivity contribution in [3.05, 3.63) is 26.8 Å². The molecular weight excluding hydrogens is 511 g/mol. The van der Waals surface area contributed by atoms with Gasteiger partial charge in [0.05, 0.1) is 16.3 Å². The Hall–Kier alpha value is -2.10. The molecule has 7 nitrogen and oxygen atoms in total. The molecule has 0 radical (unpaired) electrons. The van der Waals surface area contributed by atoms with Crippen LogP contribution in [-0.4, -0.2) is 41.5 Å². The molecule has 0 aromatic heterocycles. The van der Waals surface area contributed by atoms with Crippen molar-refractivity contribution in [1.82, 2.24) is 10.2 Å². The first-order valence-corrected chi connectivity index (χ1v) is 12.0. The average Bonchev–Trinajstić information content (AvgIpc) is 2.74. The highest BCUT2D eigenvalue weighted by molar-refractivity contribution is 14.1. The molecule has 2 fully saturated rings. The molecule has 1 N–H and O–H groups in total. The molecule has 2 aliphatic rings. The number of carbonyl (C=O) groups is 3. The standard InChI is InChI=1S/C23H29IN2O5/c1-4-14(3)31-20-18(24)12-15(13-19(20)30-5-2)11-17-21(27)25-23(29)26(22(17)28)16-9-7-6-8-10-16/h11-14,16H,4-10H2,1-3H3,(H,25,27,29). The summed E-state index contributed by atoms with van der Waals surface area (Å²) in [5, 5.41) is 2.33. The van der Waals surface area contributed by atoms with E-state index in [0.29, 0.717) is 23.7 Å². The number of benzene rings is 1. The van der Waals surface area contributed by atoms with Gasteiger partial charge in [-0.2, -0.15) is 0 Å². The van der Waals surface area contributed by atoms with Gasteiger partial charge in [0.25, 0.3) is 11.8 Å². The van der Waals surface area contributed by atoms with Crippen LogP contribution in [-0.2, 0) is 9.59 Å². The van der Waals surface area contributed by atoms with Gasteiger partial charge in [0.15, 0.2) is 11.5 Å². The van der Waals surface area contributed by atoms with Gasteiger partial charge in [-0.15, -0.1) is 0 Å². The van der Waals surface area contributed by atoms with Crippen molar-refractivity contribution in [3.63, 3.8) is 0 Å². The molecule has 0 bridgehead atoms. The molecule has 168 valence electrons. The van der Waals surface area contributed by atoms with Crippen LogP contribution in [0.15, 0.2) is 17.7 Å². The van der Waals surface area contributed by atoms with Crippen LogP contribution in [0.1, 0.15) is 64.9 Å². The number of amides is 4. The lowest BCUT2D eigenvalue weighted by Crippen LogP contribution is -2.58. The SMILES string of the molecule is CCOc1cc(C=C2C(=O)NC(=O)N(C3CCCCC3)C2=O)cc(I)c1OC(C)CC. The summed E-state index contributed by atoms with van der Waals surface area (Å²) < 4.78 is 12.6. The summed E-state index contributed by atoms with van der Waals surface area (Å²) in [5.41, 5.74) is 0.597. The smallest absolute Gasteiger partial charge is 0.331 e. The Kier molecular flexibility index (Phi) is 7.96. The molecule has 1 saturated carbocycles. The summed E-state index contributed by atoms with van der Waals surface area (Å²) in [5.74, 6) is 0.00585. The van der Waals surface area contributed by atoms with Crippen LogP contribution in [0, 0.1) is 3.57 Å². The van der Waals surface area contributed by atoms with Gasteiger partial charge in [0.2, 0.25) is 0 Å². The van der Waals surface area contributed by atoms with Crippen molar-refractivity contribution in [2.45, 2.75) is 71.4 Å². The van der Waals surface area contributed by atoms with Crippen LogP contribution in [0.25, 0.3) is 6.08 Å². The molecule has 1 aliphatic heterocycles. The second-order valence-electron chi connectivity index (χ2n) is 7.88. The first-order chi connectivity index (χ1) is 14.8. The van der Waals surface area contributed by atoms with Gasteiger partial charge in [-0.05, 0) is 79.5 Å². The number of urea groups is 1. The summed E-state index contributed by atoms with van der Waals surface area (Å²) in [4.78, 5) is 39.2. The molecule has 8 heteroatoms.